The van der Waals surface area contributed by atoms with Gasteiger partial charge < -0.3 is 14.9 Å². The summed E-state index contributed by atoms with van der Waals surface area (Å²) in [5.74, 6) is -2.73. The van der Waals surface area contributed by atoms with Crippen molar-refractivity contribution in [3.05, 3.63) is 0 Å². The van der Waals surface area contributed by atoms with E-state index in [0.29, 0.717) is 0 Å². The molecule has 0 aromatic heterocycles. The van der Waals surface area contributed by atoms with Gasteiger partial charge >= 0.3 is 11.9 Å². The van der Waals surface area contributed by atoms with Crippen molar-refractivity contribution >= 4 is 29.7 Å². The average Bonchev–Trinajstić information content (AvgIpc) is 1.96. The molecule has 0 aliphatic rings. The van der Waals surface area contributed by atoms with Crippen LogP contribution in [0.25, 0.3) is 0 Å². The summed E-state index contributed by atoms with van der Waals surface area (Å²) in [6.07, 6.45) is -2.19. The largest absolute Gasteiger partial charge is 0.481 e. The van der Waals surface area contributed by atoms with E-state index in [1.54, 1.807) is 0 Å². The maximum absolute atomic E-state index is 10.3. The van der Waals surface area contributed by atoms with Gasteiger partial charge in [-0.1, -0.05) is 0 Å². The van der Waals surface area contributed by atoms with Crippen LogP contribution in [0.15, 0.2) is 0 Å². The first-order chi connectivity index (χ1) is 5.93. The number of hydrogen-bond acceptors (Lipinski definition) is 4. The monoisotopic (exact) mass is 208 g/mol. The Hall–Kier alpha value is -1.08. The molecule has 0 heterocycles. The van der Waals surface area contributed by atoms with Crippen molar-refractivity contribution in [2.24, 2.45) is 0 Å². The lowest BCUT2D eigenvalue weighted by Crippen LogP contribution is -2.28. The molecular formula is C6H8O6S. The lowest BCUT2D eigenvalue weighted by Gasteiger charge is -2.08. The maximum Gasteiger partial charge on any atom is 0.333 e. The molecule has 0 spiro atoms. The molecule has 74 valence electrons. The molecule has 6 nitrogen and oxygen atoms in total. The molecule has 0 aliphatic carbocycles. The lowest BCUT2D eigenvalue weighted by atomic mass is 10.2. The maximum atomic E-state index is 10.3. The second-order valence-corrected chi connectivity index (χ2v) is 2.63. The molecule has 0 radical (unpaired) electrons. The van der Waals surface area contributed by atoms with E-state index in [2.05, 4.69) is 17.4 Å². The minimum atomic E-state index is -1.51. The van der Waals surface area contributed by atoms with Crippen molar-refractivity contribution in [2.45, 2.75) is 12.5 Å². The quantitative estimate of drug-likeness (QED) is 0.503. The topological polar surface area (TPSA) is 101 Å². The van der Waals surface area contributed by atoms with Crippen LogP contribution in [0.2, 0.25) is 0 Å². The minimum absolute atomic E-state index is 0.520. The molecule has 0 bridgehead atoms. The summed E-state index contributed by atoms with van der Waals surface area (Å²) < 4.78 is 4.47. The third-order valence-corrected chi connectivity index (χ3v) is 1.17. The zero-order valence-corrected chi connectivity index (χ0v) is 7.36. The van der Waals surface area contributed by atoms with Gasteiger partial charge in [-0.05, 0) is 0 Å². The van der Waals surface area contributed by atoms with Crippen LogP contribution in [0.3, 0.4) is 0 Å². The molecule has 0 aromatic rings. The van der Waals surface area contributed by atoms with E-state index < -0.39 is 36.2 Å². The van der Waals surface area contributed by atoms with E-state index in [9.17, 15) is 14.4 Å². The molecule has 1 unspecified atom stereocenters. The number of rotatable bonds is 6. The summed E-state index contributed by atoms with van der Waals surface area (Å²) in [6, 6.07) is 0. The predicted molar refractivity (Wildman–Crippen MR) is 43.6 cm³/mol. The van der Waals surface area contributed by atoms with Crippen LogP contribution in [0.4, 0.5) is 0 Å². The highest BCUT2D eigenvalue weighted by Crippen LogP contribution is 1.99. The van der Waals surface area contributed by atoms with Crippen LogP contribution >= 0.6 is 12.6 Å². The van der Waals surface area contributed by atoms with Crippen LogP contribution in [0.1, 0.15) is 6.42 Å². The first-order valence-corrected chi connectivity index (χ1v) is 3.66. The van der Waals surface area contributed by atoms with Crippen molar-refractivity contribution in [1.82, 2.24) is 0 Å². The molecule has 2 N–H and O–H groups in total. The fraction of sp³-hybridized carbons (Fsp3) is 0.500. The van der Waals surface area contributed by atoms with Crippen molar-refractivity contribution in [3.63, 3.8) is 0 Å². The second kappa shape index (κ2) is 5.55. The normalized spacial score (nSPS) is 12.1. The highest BCUT2D eigenvalue weighted by atomic mass is 32.1. The zero-order chi connectivity index (χ0) is 10.4. The first-order valence-electron chi connectivity index (χ1n) is 3.21. The van der Waals surface area contributed by atoms with Crippen LogP contribution in [-0.2, 0) is 19.1 Å². The number of thiol groups is 1. The van der Waals surface area contributed by atoms with E-state index in [1.807, 2.05) is 0 Å². The van der Waals surface area contributed by atoms with Gasteiger partial charge in [-0.3, -0.25) is 9.59 Å². The molecule has 0 aromatic carbocycles. The Morgan fingerprint density at radius 3 is 2.15 bits per heavy atom. The zero-order valence-electron chi connectivity index (χ0n) is 6.47. The van der Waals surface area contributed by atoms with Crippen LogP contribution < -0.4 is 0 Å². The van der Waals surface area contributed by atoms with Crippen LogP contribution in [0, 0.1) is 0 Å². The molecule has 0 rings (SSSR count). The summed E-state index contributed by atoms with van der Waals surface area (Å²) in [5.41, 5.74) is 0. The highest BCUT2D eigenvalue weighted by Gasteiger charge is 2.21. The van der Waals surface area contributed by atoms with Crippen LogP contribution in [0.5, 0.6) is 0 Å². The van der Waals surface area contributed by atoms with Crippen molar-refractivity contribution in [2.75, 3.05) is 6.61 Å². The third kappa shape index (κ3) is 6.12. The SMILES string of the molecule is O=C(O)CC(OCC(=O)S)C(=O)O. The number of carbonyl (C=O) groups is 3. The Labute approximate surface area is 78.9 Å². The van der Waals surface area contributed by atoms with Gasteiger partial charge in [0.05, 0.1) is 6.42 Å². The predicted octanol–water partition coefficient (Wildman–Crippen LogP) is -0.613. The van der Waals surface area contributed by atoms with Gasteiger partial charge in [0.25, 0.3) is 0 Å². The fourth-order valence-corrected chi connectivity index (χ4v) is 0.623. The lowest BCUT2D eigenvalue weighted by molar-refractivity contribution is -0.157. The number of hydrogen-bond donors (Lipinski definition) is 3. The highest BCUT2D eigenvalue weighted by molar-refractivity contribution is 7.96. The van der Waals surface area contributed by atoms with Gasteiger partial charge in [0.15, 0.2) is 6.10 Å². The summed E-state index contributed by atoms with van der Waals surface area (Å²) in [6.45, 7) is -0.520. The van der Waals surface area contributed by atoms with Gasteiger partial charge in [0.2, 0.25) is 5.12 Å². The van der Waals surface area contributed by atoms with Crippen molar-refractivity contribution < 1.29 is 29.3 Å². The van der Waals surface area contributed by atoms with E-state index in [-0.39, 0.29) is 0 Å². The van der Waals surface area contributed by atoms with Crippen LogP contribution in [-0.4, -0.2) is 40.0 Å². The Balaban J connectivity index is 4.02. The molecular weight excluding hydrogens is 200 g/mol. The number of carbonyl (C=O) groups excluding carboxylic acids is 1. The number of carboxylic acids is 2. The summed E-state index contributed by atoms with van der Waals surface area (Å²) in [5, 5.41) is 16.0. The Morgan fingerprint density at radius 1 is 1.31 bits per heavy atom. The summed E-state index contributed by atoms with van der Waals surface area (Å²) in [4.78, 5) is 30.7. The van der Waals surface area contributed by atoms with Crippen molar-refractivity contribution in [1.29, 1.82) is 0 Å². The Kier molecular flexibility index (Phi) is 5.09. The first kappa shape index (κ1) is 11.9. The van der Waals surface area contributed by atoms with Gasteiger partial charge in [0.1, 0.15) is 6.61 Å². The van der Waals surface area contributed by atoms with Crippen molar-refractivity contribution in [3.8, 4) is 0 Å². The van der Waals surface area contributed by atoms with Gasteiger partial charge in [-0.15, -0.1) is 12.6 Å². The number of ether oxygens (including phenoxy) is 1. The third-order valence-electron chi connectivity index (χ3n) is 1.04. The number of aliphatic carboxylic acids is 2. The number of carboxylic acid groups (broad SMARTS) is 2. The molecule has 7 heteroatoms. The van der Waals surface area contributed by atoms with E-state index >= 15 is 0 Å². The average molecular weight is 208 g/mol. The van der Waals surface area contributed by atoms with E-state index in [0.717, 1.165) is 0 Å². The Morgan fingerprint density at radius 2 is 1.85 bits per heavy atom. The van der Waals surface area contributed by atoms with Gasteiger partial charge in [-0.25, -0.2) is 4.79 Å². The summed E-state index contributed by atoms with van der Waals surface area (Å²) >= 11 is 3.33. The minimum Gasteiger partial charge on any atom is -0.481 e. The molecule has 1 atom stereocenters. The molecule has 0 saturated heterocycles. The van der Waals surface area contributed by atoms with Gasteiger partial charge in [-0.2, -0.15) is 0 Å². The standard InChI is InChI=1S/C6H8O6S/c7-4(8)1-3(6(10)11)12-2-5(9)13/h3H,1-2H2,(H,7,8)(H,9,13)(H,10,11). The molecule has 0 saturated carbocycles. The second-order valence-electron chi connectivity index (χ2n) is 2.13. The molecule has 0 aliphatic heterocycles. The molecule has 0 fully saturated rings. The van der Waals surface area contributed by atoms with E-state index in [4.69, 9.17) is 10.2 Å². The van der Waals surface area contributed by atoms with Gasteiger partial charge in [0, 0.05) is 0 Å². The molecule has 0 amide bonds. The summed E-state index contributed by atoms with van der Waals surface area (Å²) in [7, 11) is 0. The Bertz CT molecular complexity index is 225. The van der Waals surface area contributed by atoms with E-state index in [1.165, 1.54) is 0 Å². The molecule has 13 heavy (non-hydrogen) atoms. The smallest absolute Gasteiger partial charge is 0.333 e. The fourth-order valence-electron chi connectivity index (χ4n) is 0.548.